The first-order valence-electron chi connectivity index (χ1n) is 5.07. The molecule has 0 aliphatic heterocycles. The lowest BCUT2D eigenvalue weighted by Gasteiger charge is -2.28. The number of carbonyl (C=O) groups excluding carboxylic acids is 1. The second kappa shape index (κ2) is 5.03. The van der Waals surface area contributed by atoms with E-state index in [0.29, 0.717) is 0 Å². The van der Waals surface area contributed by atoms with Gasteiger partial charge >= 0.3 is 6.18 Å². The summed E-state index contributed by atoms with van der Waals surface area (Å²) < 4.78 is 37.0. The van der Waals surface area contributed by atoms with Gasteiger partial charge in [0.25, 0.3) is 0 Å². The van der Waals surface area contributed by atoms with E-state index in [2.05, 4.69) is 0 Å². The maximum absolute atomic E-state index is 12.3. The van der Waals surface area contributed by atoms with Crippen molar-refractivity contribution in [2.75, 3.05) is 6.54 Å². The number of rotatable bonds is 3. The summed E-state index contributed by atoms with van der Waals surface area (Å²) in [5.74, 6) is -1.14. The molecular weight excluding hydrogens is 221 g/mol. The monoisotopic (exact) mass is 240 g/mol. The first kappa shape index (κ1) is 15.2. The highest BCUT2D eigenvalue weighted by atomic mass is 19.4. The van der Waals surface area contributed by atoms with Gasteiger partial charge in [0.1, 0.15) is 6.04 Å². The van der Waals surface area contributed by atoms with Gasteiger partial charge in [0, 0.05) is 12.5 Å². The van der Waals surface area contributed by atoms with E-state index in [1.54, 1.807) is 27.7 Å². The van der Waals surface area contributed by atoms with Gasteiger partial charge in [-0.25, -0.2) is 0 Å². The van der Waals surface area contributed by atoms with E-state index in [1.807, 2.05) is 5.32 Å². The van der Waals surface area contributed by atoms with Gasteiger partial charge in [-0.15, -0.1) is 0 Å². The van der Waals surface area contributed by atoms with Crippen molar-refractivity contribution in [2.45, 2.75) is 39.9 Å². The average Bonchev–Trinajstić information content (AvgIpc) is 2.08. The second-order valence-electron chi connectivity index (χ2n) is 4.93. The molecule has 0 bridgehead atoms. The van der Waals surface area contributed by atoms with E-state index < -0.39 is 30.6 Å². The summed E-state index contributed by atoms with van der Waals surface area (Å²) >= 11 is 0. The summed E-state index contributed by atoms with van der Waals surface area (Å²) in [6, 6.07) is -1.97. The fourth-order valence-electron chi connectivity index (χ4n) is 0.964. The molecule has 0 fully saturated rings. The van der Waals surface area contributed by atoms with Crippen molar-refractivity contribution in [1.29, 1.82) is 0 Å². The lowest BCUT2D eigenvalue weighted by molar-refractivity contribution is -0.161. The lowest BCUT2D eigenvalue weighted by atomic mass is 9.81. The highest BCUT2D eigenvalue weighted by Crippen LogP contribution is 2.26. The van der Waals surface area contributed by atoms with Crippen molar-refractivity contribution in [3.05, 3.63) is 0 Å². The quantitative estimate of drug-likeness (QED) is 0.788. The summed E-state index contributed by atoms with van der Waals surface area (Å²) in [7, 11) is 0. The number of carbonyl (C=O) groups is 1. The van der Waals surface area contributed by atoms with Gasteiger partial charge in [0.2, 0.25) is 5.91 Å². The van der Waals surface area contributed by atoms with Crippen LogP contribution >= 0.6 is 0 Å². The molecule has 6 heteroatoms. The number of hydrogen-bond acceptors (Lipinski definition) is 2. The van der Waals surface area contributed by atoms with Crippen LogP contribution < -0.4 is 11.1 Å². The molecule has 0 aromatic carbocycles. The Labute approximate surface area is 93.6 Å². The van der Waals surface area contributed by atoms with Crippen molar-refractivity contribution in [1.82, 2.24) is 5.32 Å². The number of hydrogen-bond donors (Lipinski definition) is 2. The smallest absolute Gasteiger partial charge is 0.343 e. The number of alkyl halides is 3. The third kappa shape index (κ3) is 4.38. The minimum Gasteiger partial charge on any atom is -0.343 e. The molecule has 2 unspecified atom stereocenters. The van der Waals surface area contributed by atoms with Crippen LogP contribution in [0.5, 0.6) is 0 Å². The molecule has 0 heterocycles. The molecule has 0 aliphatic rings. The maximum atomic E-state index is 12.3. The van der Waals surface area contributed by atoms with Crippen LogP contribution in [0.3, 0.4) is 0 Å². The molecule has 0 saturated carbocycles. The molecule has 3 N–H and O–H groups in total. The van der Waals surface area contributed by atoms with Gasteiger partial charge < -0.3 is 11.1 Å². The van der Waals surface area contributed by atoms with Crippen LogP contribution in [0.15, 0.2) is 0 Å². The Morgan fingerprint density at radius 3 is 2.00 bits per heavy atom. The van der Waals surface area contributed by atoms with Crippen LogP contribution in [0.1, 0.15) is 27.7 Å². The van der Waals surface area contributed by atoms with Crippen LogP contribution in [0.4, 0.5) is 13.2 Å². The first-order chi connectivity index (χ1) is 7.00. The van der Waals surface area contributed by atoms with E-state index >= 15 is 0 Å². The van der Waals surface area contributed by atoms with Crippen molar-refractivity contribution in [2.24, 2.45) is 17.1 Å². The average molecular weight is 240 g/mol. The van der Waals surface area contributed by atoms with Gasteiger partial charge in [-0.2, -0.15) is 13.2 Å². The topological polar surface area (TPSA) is 55.1 Å². The molecular formula is C10H19F3N2O. The van der Waals surface area contributed by atoms with E-state index in [9.17, 15) is 18.0 Å². The Morgan fingerprint density at radius 1 is 1.31 bits per heavy atom. The Hall–Kier alpha value is -0.780. The summed E-state index contributed by atoms with van der Waals surface area (Å²) in [5.41, 5.74) is 4.60. The third-order valence-corrected chi connectivity index (χ3v) is 2.64. The normalized spacial score (nSPS) is 16.8. The third-order valence-electron chi connectivity index (χ3n) is 2.64. The number of amides is 1. The van der Waals surface area contributed by atoms with Crippen molar-refractivity contribution >= 4 is 5.91 Å². The number of nitrogens with one attached hydrogen (secondary N) is 1. The predicted octanol–water partition coefficient (Wildman–Crippen LogP) is 1.67. The Kier molecular flexibility index (Phi) is 4.79. The lowest BCUT2D eigenvalue weighted by Crippen LogP contribution is -2.52. The molecule has 96 valence electrons. The zero-order chi connectivity index (χ0) is 13.1. The van der Waals surface area contributed by atoms with Gasteiger partial charge in [0.05, 0.1) is 0 Å². The zero-order valence-corrected chi connectivity index (χ0v) is 9.98. The second-order valence-corrected chi connectivity index (χ2v) is 4.93. The van der Waals surface area contributed by atoms with Crippen molar-refractivity contribution in [3.8, 4) is 0 Å². The Bertz CT molecular complexity index is 245. The molecule has 0 saturated heterocycles. The van der Waals surface area contributed by atoms with E-state index in [1.165, 1.54) is 0 Å². The minimum absolute atomic E-state index is 0.380. The summed E-state index contributed by atoms with van der Waals surface area (Å²) in [6.07, 6.45) is -4.50. The molecule has 0 rings (SSSR count). The van der Waals surface area contributed by atoms with Gasteiger partial charge in [-0.05, 0) is 5.41 Å². The standard InChI is InChI=1S/C10H19F3N2O/c1-6(9(2,3)4)8(16)15-7(5-14)10(11,12)13/h6-7H,5,14H2,1-4H3,(H,15,16). The van der Waals surface area contributed by atoms with E-state index in [0.717, 1.165) is 0 Å². The fraction of sp³-hybridized carbons (Fsp3) is 0.900. The van der Waals surface area contributed by atoms with Crippen LogP contribution in [-0.2, 0) is 4.79 Å². The minimum atomic E-state index is -4.50. The zero-order valence-electron chi connectivity index (χ0n) is 9.98. The number of halogens is 3. The molecule has 0 aromatic rings. The first-order valence-corrected chi connectivity index (χ1v) is 5.07. The molecule has 3 nitrogen and oxygen atoms in total. The van der Waals surface area contributed by atoms with Gasteiger partial charge in [0.15, 0.2) is 0 Å². The Morgan fingerprint density at radius 2 is 1.75 bits per heavy atom. The van der Waals surface area contributed by atoms with E-state index in [4.69, 9.17) is 5.73 Å². The molecule has 0 aliphatic carbocycles. The summed E-state index contributed by atoms with van der Waals surface area (Å²) in [5, 5.41) is 1.92. The van der Waals surface area contributed by atoms with Crippen molar-refractivity contribution in [3.63, 3.8) is 0 Å². The maximum Gasteiger partial charge on any atom is 0.409 e. The summed E-state index contributed by atoms with van der Waals surface area (Å²) in [4.78, 5) is 11.5. The summed E-state index contributed by atoms with van der Waals surface area (Å²) in [6.45, 7) is 6.33. The van der Waals surface area contributed by atoms with Gasteiger partial charge in [-0.3, -0.25) is 4.79 Å². The SMILES string of the molecule is CC(C(=O)NC(CN)C(F)(F)F)C(C)(C)C. The predicted molar refractivity (Wildman–Crippen MR) is 55.7 cm³/mol. The molecule has 0 spiro atoms. The van der Waals surface area contributed by atoms with Crippen LogP contribution in [0.25, 0.3) is 0 Å². The Balaban J connectivity index is 4.56. The molecule has 0 aromatic heterocycles. The highest BCUT2D eigenvalue weighted by Gasteiger charge is 2.41. The van der Waals surface area contributed by atoms with Crippen LogP contribution in [0, 0.1) is 11.3 Å². The number of nitrogens with two attached hydrogens (primary N) is 1. The van der Waals surface area contributed by atoms with Crippen LogP contribution in [-0.4, -0.2) is 24.7 Å². The fourth-order valence-corrected chi connectivity index (χ4v) is 0.964. The van der Waals surface area contributed by atoms with Gasteiger partial charge in [-0.1, -0.05) is 27.7 Å². The highest BCUT2D eigenvalue weighted by molar-refractivity contribution is 5.79. The van der Waals surface area contributed by atoms with Crippen LogP contribution in [0.2, 0.25) is 0 Å². The van der Waals surface area contributed by atoms with E-state index in [-0.39, 0.29) is 5.41 Å². The van der Waals surface area contributed by atoms with Crippen molar-refractivity contribution < 1.29 is 18.0 Å². The molecule has 16 heavy (non-hydrogen) atoms. The molecule has 1 amide bonds. The molecule has 2 atom stereocenters. The largest absolute Gasteiger partial charge is 0.409 e. The molecule has 0 radical (unpaired) electrons.